The molecule has 0 radical (unpaired) electrons. The van der Waals surface area contributed by atoms with E-state index in [9.17, 15) is 0 Å². The molecule has 1 heterocycles. The summed E-state index contributed by atoms with van der Waals surface area (Å²) in [6, 6.07) is 0.748. The van der Waals surface area contributed by atoms with Gasteiger partial charge in [-0.2, -0.15) is 11.8 Å². The van der Waals surface area contributed by atoms with Crippen LogP contribution >= 0.6 is 11.8 Å². The van der Waals surface area contributed by atoms with E-state index in [2.05, 4.69) is 21.1 Å². The summed E-state index contributed by atoms with van der Waals surface area (Å²) in [5.41, 5.74) is 0. The first-order valence-corrected chi connectivity index (χ1v) is 7.41. The Morgan fingerprint density at radius 3 is 3.19 bits per heavy atom. The molecule has 1 aromatic rings. The Balaban J connectivity index is 1.61. The third-order valence-corrected chi connectivity index (χ3v) is 4.48. The summed E-state index contributed by atoms with van der Waals surface area (Å²) in [6.07, 6.45) is 13.3. The third-order valence-electron chi connectivity index (χ3n) is 3.31. The van der Waals surface area contributed by atoms with Gasteiger partial charge in [0.05, 0.1) is 6.33 Å². The first kappa shape index (κ1) is 12.0. The summed E-state index contributed by atoms with van der Waals surface area (Å²) in [6.45, 7) is 2.20. The van der Waals surface area contributed by atoms with Crippen LogP contribution < -0.4 is 5.32 Å². The molecule has 2 rings (SSSR count). The molecule has 0 amide bonds. The number of rotatable bonds is 6. The lowest BCUT2D eigenvalue weighted by Gasteiger charge is -2.19. The minimum atomic E-state index is 0.748. The van der Waals surface area contributed by atoms with Gasteiger partial charge in [0.1, 0.15) is 0 Å². The van der Waals surface area contributed by atoms with E-state index in [1.807, 2.05) is 30.5 Å². The Morgan fingerprint density at radius 1 is 1.50 bits per heavy atom. The summed E-state index contributed by atoms with van der Waals surface area (Å²) >= 11 is 2.02. The van der Waals surface area contributed by atoms with E-state index in [4.69, 9.17) is 0 Å². The van der Waals surface area contributed by atoms with Crippen LogP contribution in [-0.2, 0) is 6.54 Å². The maximum Gasteiger partial charge on any atom is 0.0945 e. The molecule has 4 heteroatoms. The van der Waals surface area contributed by atoms with Gasteiger partial charge in [0, 0.05) is 30.2 Å². The molecular formula is C12H21N3S. The molecule has 1 saturated carbocycles. The average Bonchev–Trinajstić information content (AvgIpc) is 2.95. The van der Waals surface area contributed by atoms with Crippen molar-refractivity contribution < 1.29 is 0 Å². The molecule has 1 aromatic heterocycles. The summed E-state index contributed by atoms with van der Waals surface area (Å²) in [4.78, 5) is 4.04. The maximum atomic E-state index is 4.04. The topological polar surface area (TPSA) is 29.9 Å². The number of nitrogens with zero attached hydrogens (tertiary/aromatic N) is 2. The van der Waals surface area contributed by atoms with E-state index >= 15 is 0 Å². The predicted molar refractivity (Wildman–Crippen MR) is 69.8 cm³/mol. The second-order valence-electron chi connectivity index (χ2n) is 4.42. The fourth-order valence-electron chi connectivity index (χ4n) is 2.41. The molecule has 1 fully saturated rings. The van der Waals surface area contributed by atoms with E-state index in [1.54, 1.807) is 0 Å². The first-order valence-electron chi connectivity index (χ1n) is 6.12. The van der Waals surface area contributed by atoms with Crippen LogP contribution in [0.1, 0.15) is 25.7 Å². The zero-order chi connectivity index (χ0) is 11.2. The van der Waals surface area contributed by atoms with Crippen molar-refractivity contribution in [3.8, 4) is 0 Å². The van der Waals surface area contributed by atoms with Crippen molar-refractivity contribution in [2.45, 2.75) is 43.5 Å². The molecule has 1 N–H and O–H groups in total. The van der Waals surface area contributed by atoms with E-state index in [1.165, 1.54) is 25.7 Å². The molecule has 1 aliphatic rings. The van der Waals surface area contributed by atoms with Crippen LogP contribution in [0.3, 0.4) is 0 Å². The number of thioether (sulfide) groups is 1. The van der Waals surface area contributed by atoms with E-state index in [-0.39, 0.29) is 0 Å². The van der Waals surface area contributed by atoms with Crippen LogP contribution in [0, 0.1) is 0 Å². The Hall–Kier alpha value is -0.480. The Bertz CT molecular complexity index is 286. The fraction of sp³-hybridized carbons (Fsp3) is 0.750. The van der Waals surface area contributed by atoms with Crippen LogP contribution in [0.2, 0.25) is 0 Å². The lowest BCUT2D eigenvalue weighted by Crippen LogP contribution is -2.34. The number of aromatic nitrogens is 2. The summed E-state index contributed by atoms with van der Waals surface area (Å²) in [7, 11) is 0. The number of hydrogen-bond donors (Lipinski definition) is 1. The van der Waals surface area contributed by atoms with Gasteiger partial charge < -0.3 is 9.88 Å². The molecule has 0 aliphatic heterocycles. The van der Waals surface area contributed by atoms with Gasteiger partial charge in [-0.25, -0.2) is 4.98 Å². The molecule has 90 valence electrons. The second kappa shape index (κ2) is 6.30. The van der Waals surface area contributed by atoms with Gasteiger partial charge in [-0.15, -0.1) is 0 Å². The van der Waals surface area contributed by atoms with Gasteiger partial charge in [-0.05, 0) is 32.1 Å². The molecule has 1 aliphatic carbocycles. The Labute approximate surface area is 102 Å². The van der Waals surface area contributed by atoms with Crippen LogP contribution in [0.25, 0.3) is 0 Å². The van der Waals surface area contributed by atoms with Gasteiger partial charge in [0.2, 0.25) is 0 Å². The van der Waals surface area contributed by atoms with Crippen molar-refractivity contribution in [2.75, 3.05) is 12.8 Å². The highest BCUT2D eigenvalue weighted by atomic mass is 32.2. The van der Waals surface area contributed by atoms with Crippen molar-refractivity contribution in [1.82, 2.24) is 14.9 Å². The third kappa shape index (κ3) is 3.25. The highest BCUT2D eigenvalue weighted by Crippen LogP contribution is 2.28. The van der Waals surface area contributed by atoms with Crippen molar-refractivity contribution in [3.63, 3.8) is 0 Å². The lowest BCUT2D eigenvalue weighted by atomic mass is 10.2. The number of aryl methyl sites for hydroxylation is 1. The zero-order valence-corrected chi connectivity index (χ0v) is 10.7. The molecule has 2 atom stereocenters. The van der Waals surface area contributed by atoms with Crippen molar-refractivity contribution in [3.05, 3.63) is 18.7 Å². The van der Waals surface area contributed by atoms with E-state index in [0.29, 0.717) is 0 Å². The molecule has 0 bridgehead atoms. The minimum absolute atomic E-state index is 0.748. The number of hydrogen-bond acceptors (Lipinski definition) is 3. The SMILES string of the molecule is CSC1CCCC1NCCCn1ccnc1. The zero-order valence-electron chi connectivity index (χ0n) is 9.93. The quantitative estimate of drug-likeness (QED) is 0.771. The van der Waals surface area contributed by atoms with Crippen LogP contribution in [0.4, 0.5) is 0 Å². The summed E-state index contributed by atoms with van der Waals surface area (Å²) in [5, 5.41) is 4.53. The normalized spacial score (nSPS) is 25.1. The minimum Gasteiger partial charge on any atom is -0.337 e. The van der Waals surface area contributed by atoms with Crippen molar-refractivity contribution in [2.24, 2.45) is 0 Å². The van der Waals surface area contributed by atoms with Gasteiger partial charge in [-0.3, -0.25) is 0 Å². The number of nitrogens with one attached hydrogen (secondary N) is 1. The van der Waals surface area contributed by atoms with Crippen LogP contribution in [-0.4, -0.2) is 33.6 Å². The van der Waals surface area contributed by atoms with Crippen LogP contribution in [0.5, 0.6) is 0 Å². The highest BCUT2D eigenvalue weighted by Gasteiger charge is 2.25. The monoisotopic (exact) mass is 239 g/mol. The largest absolute Gasteiger partial charge is 0.337 e. The smallest absolute Gasteiger partial charge is 0.0945 e. The first-order chi connectivity index (χ1) is 7.90. The molecule has 3 nitrogen and oxygen atoms in total. The average molecular weight is 239 g/mol. The predicted octanol–water partition coefficient (Wildman–Crippen LogP) is 2.15. The van der Waals surface area contributed by atoms with E-state index in [0.717, 1.165) is 24.4 Å². The lowest BCUT2D eigenvalue weighted by molar-refractivity contribution is 0.501. The van der Waals surface area contributed by atoms with Gasteiger partial charge in [0.15, 0.2) is 0 Å². The van der Waals surface area contributed by atoms with Gasteiger partial charge in [0.25, 0.3) is 0 Å². The molecular weight excluding hydrogens is 218 g/mol. The Kier molecular flexibility index (Phi) is 4.72. The van der Waals surface area contributed by atoms with Crippen LogP contribution in [0.15, 0.2) is 18.7 Å². The molecule has 16 heavy (non-hydrogen) atoms. The van der Waals surface area contributed by atoms with Crippen molar-refractivity contribution in [1.29, 1.82) is 0 Å². The fourth-order valence-corrected chi connectivity index (χ4v) is 3.37. The molecule has 0 saturated heterocycles. The van der Waals surface area contributed by atoms with Gasteiger partial charge in [-0.1, -0.05) is 6.42 Å². The highest BCUT2D eigenvalue weighted by molar-refractivity contribution is 7.99. The standard InChI is InChI=1S/C12H21N3S/c1-16-12-5-2-4-11(12)14-6-3-8-15-9-7-13-10-15/h7,9-12,14H,2-6,8H2,1H3. The molecule has 2 unspecified atom stereocenters. The van der Waals surface area contributed by atoms with Gasteiger partial charge >= 0.3 is 0 Å². The summed E-state index contributed by atoms with van der Waals surface area (Å²) in [5.74, 6) is 0. The second-order valence-corrected chi connectivity index (χ2v) is 5.50. The summed E-state index contributed by atoms with van der Waals surface area (Å²) < 4.78 is 2.14. The molecule has 0 spiro atoms. The Morgan fingerprint density at radius 2 is 2.44 bits per heavy atom. The number of imidazole rings is 1. The van der Waals surface area contributed by atoms with Crippen molar-refractivity contribution >= 4 is 11.8 Å². The molecule has 0 aromatic carbocycles. The van der Waals surface area contributed by atoms with E-state index < -0.39 is 0 Å². The maximum absolute atomic E-state index is 4.04.